The smallest absolute Gasteiger partial charge is 0.305 e. The van der Waals surface area contributed by atoms with E-state index in [1.54, 1.807) is 0 Å². The Balaban J connectivity index is 1.76. The predicted molar refractivity (Wildman–Crippen MR) is 86.9 cm³/mol. The number of hydrogen-bond acceptors (Lipinski definition) is 2. The molecule has 0 saturated heterocycles. The van der Waals surface area contributed by atoms with Gasteiger partial charge in [0.25, 0.3) is 0 Å². The number of aromatic amines is 1. The van der Waals surface area contributed by atoms with Gasteiger partial charge in [0.1, 0.15) is 12.1 Å². The molecule has 0 saturated carbocycles. The summed E-state index contributed by atoms with van der Waals surface area (Å²) < 4.78 is 6.78. The van der Waals surface area contributed by atoms with Crippen molar-refractivity contribution in [3.63, 3.8) is 0 Å². The Labute approximate surface area is 133 Å². The summed E-state index contributed by atoms with van der Waals surface area (Å²) in [7, 11) is 1.42. The SMILES string of the molecule is COC(=O)CCCC[n+]1ccc2c(c1)[nH]c1ccc(Cl)cc12. The molecule has 5 heteroatoms. The normalized spacial score (nSPS) is 11.2. The summed E-state index contributed by atoms with van der Waals surface area (Å²) in [5.74, 6) is -0.145. The molecule has 3 aromatic rings. The summed E-state index contributed by atoms with van der Waals surface area (Å²) >= 11 is 6.07. The molecule has 2 heterocycles. The van der Waals surface area contributed by atoms with Gasteiger partial charge in [0, 0.05) is 40.2 Å². The van der Waals surface area contributed by atoms with Crippen LogP contribution in [0.25, 0.3) is 21.8 Å². The second kappa shape index (κ2) is 6.36. The standard InChI is InChI=1S/C17H17ClN2O2/c1-22-17(21)4-2-3-8-20-9-7-13-14-10-12(18)5-6-15(14)19-16(13)11-20/h5-7,9-11H,2-4,8H2,1H3/p+1. The number of carbonyl (C=O) groups excluding carboxylic acids is 1. The van der Waals surface area contributed by atoms with Gasteiger partial charge in [0.05, 0.1) is 7.11 Å². The number of unbranched alkanes of at least 4 members (excludes halogenated alkanes) is 1. The first-order valence-electron chi connectivity index (χ1n) is 7.34. The average Bonchev–Trinajstić information content (AvgIpc) is 2.88. The highest BCUT2D eigenvalue weighted by molar-refractivity contribution is 6.31. The van der Waals surface area contributed by atoms with E-state index in [0.717, 1.165) is 40.8 Å². The fourth-order valence-electron chi connectivity index (χ4n) is 2.67. The largest absolute Gasteiger partial charge is 0.469 e. The molecule has 0 bridgehead atoms. The van der Waals surface area contributed by atoms with Crippen molar-refractivity contribution < 1.29 is 14.1 Å². The van der Waals surface area contributed by atoms with Crippen molar-refractivity contribution in [2.24, 2.45) is 0 Å². The van der Waals surface area contributed by atoms with Crippen LogP contribution >= 0.6 is 11.6 Å². The Morgan fingerprint density at radius 2 is 2.09 bits per heavy atom. The number of rotatable bonds is 5. The van der Waals surface area contributed by atoms with Crippen molar-refractivity contribution >= 4 is 39.4 Å². The number of fused-ring (bicyclic) bond motifs is 3. The number of halogens is 1. The van der Waals surface area contributed by atoms with E-state index >= 15 is 0 Å². The molecule has 0 aliphatic carbocycles. The number of hydrogen-bond donors (Lipinski definition) is 1. The molecule has 0 fully saturated rings. The van der Waals surface area contributed by atoms with Crippen LogP contribution in [-0.4, -0.2) is 18.1 Å². The van der Waals surface area contributed by atoms with Gasteiger partial charge in [-0.2, -0.15) is 0 Å². The fourth-order valence-corrected chi connectivity index (χ4v) is 2.84. The van der Waals surface area contributed by atoms with Crippen molar-refractivity contribution in [2.45, 2.75) is 25.8 Å². The monoisotopic (exact) mass is 317 g/mol. The summed E-state index contributed by atoms with van der Waals surface area (Å²) in [5, 5.41) is 3.05. The van der Waals surface area contributed by atoms with E-state index in [4.69, 9.17) is 11.6 Å². The maximum Gasteiger partial charge on any atom is 0.305 e. The zero-order valence-electron chi connectivity index (χ0n) is 12.4. The highest BCUT2D eigenvalue weighted by atomic mass is 35.5. The number of benzene rings is 1. The van der Waals surface area contributed by atoms with Crippen molar-refractivity contribution in [3.05, 3.63) is 41.7 Å². The lowest BCUT2D eigenvalue weighted by Crippen LogP contribution is -2.32. The number of H-pyrrole nitrogens is 1. The average molecular weight is 318 g/mol. The molecule has 0 aliphatic heterocycles. The molecule has 0 amide bonds. The zero-order valence-corrected chi connectivity index (χ0v) is 13.2. The number of aromatic nitrogens is 2. The number of aryl methyl sites for hydroxylation is 1. The van der Waals surface area contributed by atoms with Crippen molar-refractivity contribution in [3.8, 4) is 0 Å². The van der Waals surface area contributed by atoms with E-state index in [9.17, 15) is 4.79 Å². The van der Waals surface area contributed by atoms with Gasteiger partial charge in [0.2, 0.25) is 0 Å². The third-order valence-corrected chi connectivity index (χ3v) is 4.07. The van der Waals surface area contributed by atoms with Crippen molar-refractivity contribution in [1.29, 1.82) is 0 Å². The van der Waals surface area contributed by atoms with Gasteiger partial charge in [-0.1, -0.05) is 11.6 Å². The molecule has 0 radical (unpaired) electrons. The number of esters is 1. The number of methoxy groups -OCH3 is 1. The lowest BCUT2D eigenvalue weighted by molar-refractivity contribution is -0.696. The molecule has 114 valence electrons. The van der Waals surface area contributed by atoms with Gasteiger partial charge in [0.15, 0.2) is 12.4 Å². The van der Waals surface area contributed by atoms with Gasteiger partial charge in [-0.25, -0.2) is 4.57 Å². The molecular weight excluding hydrogens is 300 g/mol. The van der Waals surface area contributed by atoms with Crippen LogP contribution in [0.4, 0.5) is 0 Å². The Bertz CT molecular complexity index is 826. The molecule has 0 spiro atoms. The minimum atomic E-state index is -0.145. The summed E-state index contributed by atoms with van der Waals surface area (Å²) in [4.78, 5) is 14.5. The molecule has 0 aliphatic rings. The molecule has 4 nitrogen and oxygen atoms in total. The van der Waals surface area contributed by atoms with Gasteiger partial charge in [-0.3, -0.25) is 4.79 Å². The minimum Gasteiger partial charge on any atom is -0.469 e. The Hall–Kier alpha value is -2.07. The van der Waals surface area contributed by atoms with Crippen LogP contribution in [0, 0.1) is 0 Å². The molecule has 22 heavy (non-hydrogen) atoms. The van der Waals surface area contributed by atoms with E-state index in [1.165, 1.54) is 12.5 Å². The number of nitrogens with one attached hydrogen (secondary N) is 1. The van der Waals surface area contributed by atoms with Gasteiger partial charge in [-0.05, 0) is 24.6 Å². The van der Waals surface area contributed by atoms with Crippen LogP contribution in [0.1, 0.15) is 19.3 Å². The third-order valence-electron chi connectivity index (χ3n) is 3.83. The molecule has 2 aromatic heterocycles. The predicted octanol–water partition coefficient (Wildman–Crippen LogP) is 3.61. The molecule has 0 atom stereocenters. The van der Waals surface area contributed by atoms with Crippen LogP contribution in [0.2, 0.25) is 5.02 Å². The number of pyridine rings is 1. The highest BCUT2D eigenvalue weighted by Gasteiger charge is 2.10. The maximum atomic E-state index is 11.1. The molecule has 1 aromatic carbocycles. The van der Waals surface area contributed by atoms with Crippen LogP contribution < -0.4 is 4.57 Å². The van der Waals surface area contributed by atoms with Crippen LogP contribution in [0.3, 0.4) is 0 Å². The first-order valence-corrected chi connectivity index (χ1v) is 7.72. The van der Waals surface area contributed by atoms with E-state index in [-0.39, 0.29) is 5.97 Å². The Morgan fingerprint density at radius 3 is 2.91 bits per heavy atom. The van der Waals surface area contributed by atoms with Crippen LogP contribution in [0.5, 0.6) is 0 Å². The van der Waals surface area contributed by atoms with E-state index in [0.29, 0.717) is 6.42 Å². The van der Waals surface area contributed by atoms with Gasteiger partial charge >= 0.3 is 5.97 Å². The first-order chi connectivity index (χ1) is 10.7. The Kier molecular flexibility index (Phi) is 4.29. The van der Waals surface area contributed by atoms with Gasteiger partial charge < -0.3 is 9.72 Å². The lowest BCUT2D eigenvalue weighted by Gasteiger charge is -1.98. The van der Waals surface area contributed by atoms with Crippen LogP contribution in [-0.2, 0) is 16.1 Å². The highest BCUT2D eigenvalue weighted by Crippen LogP contribution is 2.26. The summed E-state index contributed by atoms with van der Waals surface area (Å²) in [6, 6.07) is 7.97. The first kappa shape index (κ1) is 14.9. The second-order valence-corrected chi connectivity index (χ2v) is 5.79. The second-order valence-electron chi connectivity index (χ2n) is 5.36. The van der Waals surface area contributed by atoms with E-state index < -0.39 is 0 Å². The van der Waals surface area contributed by atoms with Crippen LogP contribution in [0.15, 0.2) is 36.7 Å². The number of nitrogens with zero attached hydrogens (tertiary/aromatic N) is 1. The maximum absolute atomic E-state index is 11.1. The topological polar surface area (TPSA) is 46.0 Å². The number of ether oxygens (including phenoxy) is 1. The molecule has 1 N–H and O–H groups in total. The molecule has 3 rings (SSSR count). The van der Waals surface area contributed by atoms with E-state index in [1.807, 2.05) is 18.2 Å². The number of carbonyl (C=O) groups is 1. The fraction of sp³-hybridized carbons (Fsp3) is 0.294. The molecular formula is C17H18ClN2O2+. The lowest BCUT2D eigenvalue weighted by atomic mass is 10.2. The minimum absolute atomic E-state index is 0.145. The Morgan fingerprint density at radius 1 is 1.23 bits per heavy atom. The third kappa shape index (κ3) is 3.07. The summed E-state index contributed by atoms with van der Waals surface area (Å²) in [6.07, 6.45) is 6.41. The van der Waals surface area contributed by atoms with Crippen molar-refractivity contribution in [2.75, 3.05) is 7.11 Å². The summed E-state index contributed by atoms with van der Waals surface area (Å²) in [6.45, 7) is 0.878. The summed E-state index contributed by atoms with van der Waals surface area (Å²) in [5.41, 5.74) is 2.18. The zero-order chi connectivity index (χ0) is 15.5. The van der Waals surface area contributed by atoms with E-state index in [2.05, 4.69) is 32.7 Å². The van der Waals surface area contributed by atoms with Crippen molar-refractivity contribution in [1.82, 2.24) is 4.98 Å². The van der Waals surface area contributed by atoms with Gasteiger partial charge in [-0.15, -0.1) is 0 Å². The molecule has 0 unspecified atom stereocenters. The quantitative estimate of drug-likeness (QED) is 0.444.